The van der Waals surface area contributed by atoms with Crippen LogP contribution in [0.3, 0.4) is 0 Å². The SMILES string of the molecule is CC(C)(C)OC(=O)CNCc1cccc(C(=O)Oc2ccc(S(=O)(=O)CCN3CC[C@H](Cc4ccccc4)[C@H](O)C3)cc2)c1. The number of hydrogen-bond acceptors (Lipinski definition) is 9. The van der Waals surface area contributed by atoms with Crippen molar-refractivity contribution in [2.75, 3.05) is 31.9 Å². The van der Waals surface area contributed by atoms with Crippen molar-refractivity contribution >= 4 is 21.8 Å². The molecule has 3 aromatic rings. The summed E-state index contributed by atoms with van der Waals surface area (Å²) < 4.78 is 36.8. The quantitative estimate of drug-likeness (QED) is 0.228. The van der Waals surface area contributed by atoms with E-state index >= 15 is 0 Å². The summed E-state index contributed by atoms with van der Waals surface area (Å²) in [5.41, 5.74) is 1.75. The standard InChI is InChI=1S/C34H42N2O7S/c1-34(2,3)43-32(38)23-35-22-26-10-7-11-28(21-26)33(39)42-29-12-14-30(15-13-29)44(40,41)19-18-36-17-16-27(31(37)24-36)20-25-8-5-4-6-9-25/h4-15,21,27,31,35,37H,16-20,22-24H2,1-3H3/t27-,31-/m1/s1. The number of likely N-dealkylation sites (tertiary alicyclic amines) is 1. The minimum Gasteiger partial charge on any atom is -0.459 e. The lowest BCUT2D eigenvalue weighted by Gasteiger charge is -2.36. The van der Waals surface area contributed by atoms with Crippen molar-refractivity contribution in [1.82, 2.24) is 10.2 Å². The van der Waals surface area contributed by atoms with E-state index in [1.165, 1.54) is 29.8 Å². The Bertz CT molecular complexity index is 1500. The molecule has 236 valence electrons. The normalized spacial score (nSPS) is 17.6. The number of nitrogens with one attached hydrogen (secondary N) is 1. The molecular formula is C34H42N2O7S. The van der Waals surface area contributed by atoms with E-state index in [-0.39, 0.29) is 34.8 Å². The number of nitrogens with zero attached hydrogens (tertiary/aromatic N) is 1. The van der Waals surface area contributed by atoms with Crippen LogP contribution in [0.1, 0.15) is 48.7 Å². The van der Waals surface area contributed by atoms with Crippen LogP contribution in [0.2, 0.25) is 0 Å². The first-order valence-electron chi connectivity index (χ1n) is 14.9. The van der Waals surface area contributed by atoms with Crippen molar-refractivity contribution < 1.29 is 32.6 Å². The molecule has 2 N–H and O–H groups in total. The maximum atomic E-state index is 13.0. The highest BCUT2D eigenvalue weighted by Crippen LogP contribution is 2.23. The molecule has 0 bridgehead atoms. The van der Waals surface area contributed by atoms with Crippen LogP contribution >= 0.6 is 0 Å². The molecule has 0 amide bonds. The minimum absolute atomic E-state index is 0.0381. The van der Waals surface area contributed by atoms with Gasteiger partial charge < -0.3 is 19.9 Å². The van der Waals surface area contributed by atoms with Crippen LogP contribution < -0.4 is 10.1 Å². The van der Waals surface area contributed by atoms with Crippen LogP contribution in [-0.4, -0.2) is 74.0 Å². The Morgan fingerprint density at radius 2 is 1.68 bits per heavy atom. The molecule has 3 aromatic carbocycles. The number of aliphatic hydroxyl groups is 1. The third kappa shape index (κ3) is 10.3. The lowest BCUT2D eigenvalue weighted by atomic mass is 9.88. The minimum atomic E-state index is -3.57. The fraction of sp³-hybridized carbons (Fsp3) is 0.412. The number of esters is 2. The zero-order chi connectivity index (χ0) is 31.7. The molecular weight excluding hydrogens is 580 g/mol. The second kappa shape index (κ2) is 14.9. The van der Waals surface area contributed by atoms with Crippen molar-refractivity contribution in [3.05, 3.63) is 95.6 Å². The summed E-state index contributed by atoms with van der Waals surface area (Å²) in [5, 5.41) is 13.7. The van der Waals surface area contributed by atoms with Crippen molar-refractivity contribution in [2.24, 2.45) is 5.92 Å². The second-order valence-corrected chi connectivity index (χ2v) is 14.3. The van der Waals surface area contributed by atoms with Crippen LogP contribution in [0.5, 0.6) is 5.75 Å². The van der Waals surface area contributed by atoms with Gasteiger partial charge in [-0.05, 0) is 93.6 Å². The van der Waals surface area contributed by atoms with Crippen LogP contribution in [0, 0.1) is 5.92 Å². The molecule has 0 saturated carbocycles. The Kier molecular flexibility index (Phi) is 11.3. The van der Waals surface area contributed by atoms with E-state index in [1.54, 1.807) is 39.0 Å². The lowest BCUT2D eigenvalue weighted by molar-refractivity contribution is -0.153. The number of β-amino-alcohol motifs (C(OH)–C–C–N with tert-alkyl or cyclic N) is 1. The Labute approximate surface area is 260 Å². The number of piperidine rings is 1. The van der Waals surface area contributed by atoms with Crippen molar-refractivity contribution in [1.29, 1.82) is 0 Å². The monoisotopic (exact) mass is 622 g/mol. The highest BCUT2D eigenvalue weighted by atomic mass is 32.2. The van der Waals surface area contributed by atoms with Gasteiger partial charge in [-0.1, -0.05) is 42.5 Å². The number of carbonyl (C=O) groups excluding carboxylic acids is 2. The number of aliphatic hydroxyl groups excluding tert-OH is 1. The van der Waals surface area contributed by atoms with Crippen molar-refractivity contribution in [2.45, 2.75) is 56.8 Å². The number of rotatable bonds is 12. The maximum Gasteiger partial charge on any atom is 0.343 e. The van der Waals surface area contributed by atoms with Crippen LogP contribution in [0.25, 0.3) is 0 Å². The van der Waals surface area contributed by atoms with E-state index in [2.05, 4.69) is 17.4 Å². The molecule has 4 rings (SSSR count). The molecule has 44 heavy (non-hydrogen) atoms. The molecule has 0 unspecified atom stereocenters. The van der Waals surface area contributed by atoms with Gasteiger partial charge >= 0.3 is 11.9 Å². The first-order chi connectivity index (χ1) is 20.9. The molecule has 0 aliphatic carbocycles. The summed E-state index contributed by atoms with van der Waals surface area (Å²) in [6.45, 7) is 7.32. The van der Waals surface area contributed by atoms with Gasteiger partial charge in [-0.2, -0.15) is 0 Å². The number of benzene rings is 3. The number of hydrogen-bond donors (Lipinski definition) is 2. The lowest BCUT2D eigenvalue weighted by Crippen LogP contribution is -2.46. The van der Waals surface area contributed by atoms with Gasteiger partial charge in [0.15, 0.2) is 9.84 Å². The zero-order valence-corrected chi connectivity index (χ0v) is 26.4. The molecule has 1 heterocycles. The molecule has 1 saturated heterocycles. The second-order valence-electron chi connectivity index (χ2n) is 12.2. The predicted molar refractivity (Wildman–Crippen MR) is 168 cm³/mol. The Morgan fingerprint density at radius 3 is 2.36 bits per heavy atom. The van der Waals surface area contributed by atoms with Crippen LogP contribution in [0.4, 0.5) is 0 Å². The average Bonchev–Trinajstić information content (AvgIpc) is 2.97. The molecule has 1 aliphatic rings. The van der Waals surface area contributed by atoms with E-state index < -0.39 is 27.5 Å². The van der Waals surface area contributed by atoms with Gasteiger partial charge in [-0.3, -0.25) is 9.69 Å². The van der Waals surface area contributed by atoms with Crippen molar-refractivity contribution in [3.63, 3.8) is 0 Å². The summed E-state index contributed by atoms with van der Waals surface area (Å²) in [6, 6.07) is 22.7. The summed E-state index contributed by atoms with van der Waals surface area (Å²) >= 11 is 0. The fourth-order valence-corrected chi connectivity index (χ4v) is 6.43. The smallest absolute Gasteiger partial charge is 0.343 e. The number of carbonyl (C=O) groups is 2. The number of sulfone groups is 1. The molecule has 1 aliphatic heterocycles. The highest BCUT2D eigenvalue weighted by Gasteiger charge is 2.28. The number of ether oxygens (including phenoxy) is 2. The maximum absolute atomic E-state index is 13.0. The van der Waals surface area contributed by atoms with Gasteiger partial charge in [0.2, 0.25) is 0 Å². The van der Waals surface area contributed by atoms with Gasteiger partial charge in [0.1, 0.15) is 11.4 Å². The molecule has 9 nitrogen and oxygen atoms in total. The van der Waals surface area contributed by atoms with Gasteiger partial charge in [0.05, 0.1) is 28.9 Å². The Hall–Kier alpha value is -3.57. The van der Waals surface area contributed by atoms with E-state index in [4.69, 9.17) is 9.47 Å². The van der Waals surface area contributed by atoms with Crippen LogP contribution in [-0.2, 0) is 32.3 Å². The highest BCUT2D eigenvalue weighted by molar-refractivity contribution is 7.91. The molecule has 10 heteroatoms. The third-order valence-electron chi connectivity index (χ3n) is 7.40. The summed E-state index contributed by atoms with van der Waals surface area (Å²) in [4.78, 5) is 26.8. The predicted octanol–water partition coefficient (Wildman–Crippen LogP) is 4.04. The van der Waals surface area contributed by atoms with E-state index in [9.17, 15) is 23.1 Å². The zero-order valence-electron chi connectivity index (χ0n) is 25.6. The van der Waals surface area contributed by atoms with Gasteiger partial charge in [-0.15, -0.1) is 0 Å². The van der Waals surface area contributed by atoms with Gasteiger partial charge in [0, 0.05) is 19.6 Å². The van der Waals surface area contributed by atoms with Gasteiger partial charge in [0.25, 0.3) is 0 Å². The summed E-state index contributed by atoms with van der Waals surface area (Å²) in [7, 11) is -3.57. The first-order valence-corrected chi connectivity index (χ1v) is 16.5. The Balaban J connectivity index is 1.24. The first kappa shape index (κ1) is 33.3. The van der Waals surface area contributed by atoms with E-state index in [0.29, 0.717) is 25.2 Å². The molecule has 0 aromatic heterocycles. The van der Waals surface area contributed by atoms with Crippen LogP contribution in [0.15, 0.2) is 83.8 Å². The average molecular weight is 623 g/mol. The van der Waals surface area contributed by atoms with Crippen molar-refractivity contribution in [3.8, 4) is 5.75 Å². The van der Waals surface area contributed by atoms with Gasteiger partial charge in [-0.25, -0.2) is 13.2 Å². The van der Waals surface area contributed by atoms with E-state index in [1.807, 2.05) is 29.2 Å². The Morgan fingerprint density at radius 1 is 0.977 bits per heavy atom. The summed E-state index contributed by atoms with van der Waals surface area (Å²) in [5.74, 6) is -0.633. The summed E-state index contributed by atoms with van der Waals surface area (Å²) in [6.07, 6.45) is 1.11. The molecule has 0 radical (unpaired) electrons. The van der Waals surface area contributed by atoms with E-state index in [0.717, 1.165) is 24.9 Å². The third-order valence-corrected chi connectivity index (χ3v) is 9.11. The molecule has 1 fully saturated rings. The molecule has 0 spiro atoms. The largest absolute Gasteiger partial charge is 0.459 e. The fourth-order valence-electron chi connectivity index (χ4n) is 5.15. The topological polar surface area (TPSA) is 122 Å². The molecule has 2 atom stereocenters.